The fourth-order valence-corrected chi connectivity index (χ4v) is 1.82. The molecule has 3 nitrogen and oxygen atoms in total. The van der Waals surface area contributed by atoms with Gasteiger partial charge in [-0.2, -0.15) is 0 Å². The summed E-state index contributed by atoms with van der Waals surface area (Å²) in [5, 5.41) is 0.916. The second-order valence-electron chi connectivity index (χ2n) is 3.66. The fraction of sp³-hybridized carbons (Fsp3) is 0.462. The summed E-state index contributed by atoms with van der Waals surface area (Å²) in [5.74, 6) is 0.848. The first-order chi connectivity index (χ1) is 8.22. The van der Waals surface area contributed by atoms with Crippen LogP contribution in [0.2, 0.25) is 0 Å². The molecule has 1 aromatic carbocycles. The summed E-state index contributed by atoms with van der Waals surface area (Å²) in [6, 6.07) is 7.23. The van der Waals surface area contributed by atoms with Gasteiger partial charge in [-0.1, -0.05) is 15.9 Å². The highest BCUT2D eigenvalue weighted by Crippen LogP contribution is 2.13. The first kappa shape index (κ1) is 14.0. The Bertz CT molecular complexity index is 351. The zero-order valence-corrected chi connectivity index (χ0v) is 11.9. The molecule has 0 aliphatic rings. The van der Waals surface area contributed by atoms with Crippen molar-refractivity contribution in [3.8, 4) is 5.75 Å². The van der Waals surface area contributed by atoms with E-state index in [1.54, 1.807) is 19.2 Å². The van der Waals surface area contributed by atoms with Gasteiger partial charge < -0.3 is 9.64 Å². The van der Waals surface area contributed by atoms with Crippen molar-refractivity contribution in [3.05, 3.63) is 29.8 Å². The summed E-state index contributed by atoms with van der Waals surface area (Å²) in [6.45, 7) is 3.51. The van der Waals surface area contributed by atoms with Crippen LogP contribution in [0, 0.1) is 0 Å². The van der Waals surface area contributed by atoms with Crippen molar-refractivity contribution in [2.24, 2.45) is 0 Å². The number of carbonyl (C=O) groups excluding carboxylic acids is 1. The molecule has 0 N–H and O–H groups in total. The van der Waals surface area contributed by atoms with Crippen LogP contribution in [0.15, 0.2) is 24.3 Å². The van der Waals surface area contributed by atoms with Gasteiger partial charge >= 0.3 is 0 Å². The van der Waals surface area contributed by atoms with Gasteiger partial charge in [-0.25, -0.2) is 0 Å². The molecule has 0 aliphatic carbocycles. The van der Waals surface area contributed by atoms with Crippen LogP contribution in [-0.2, 0) is 0 Å². The van der Waals surface area contributed by atoms with Crippen LogP contribution < -0.4 is 4.74 Å². The minimum absolute atomic E-state index is 0.0797. The molecule has 94 valence electrons. The summed E-state index contributed by atoms with van der Waals surface area (Å²) in [4.78, 5) is 14.0. The SMILES string of the molecule is CCN(CCCBr)C(=O)c1ccc(OC)cc1. The van der Waals surface area contributed by atoms with Crippen LogP contribution in [0.1, 0.15) is 23.7 Å². The van der Waals surface area contributed by atoms with Gasteiger partial charge in [0.15, 0.2) is 0 Å². The minimum Gasteiger partial charge on any atom is -0.497 e. The van der Waals surface area contributed by atoms with Crippen LogP contribution in [0.25, 0.3) is 0 Å². The van der Waals surface area contributed by atoms with Gasteiger partial charge in [0.05, 0.1) is 7.11 Å². The van der Waals surface area contributed by atoms with E-state index >= 15 is 0 Å². The highest BCUT2D eigenvalue weighted by Gasteiger charge is 2.13. The summed E-state index contributed by atoms with van der Waals surface area (Å²) in [6.07, 6.45) is 0.968. The molecule has 4 heteroatoms. The number of amides is 1. The molecule has 1 aromatic rings. The smallest absolute Gasteiger partial charge is 0.253 e. The molecule has 1 rings (SSSR count). The average molecular weight is 300 g/mol. The molecule has 0 heterocycles. The topological polar surface area (TPSA) is 29.5 Å². The molecule has 0 saturated heterocycles. The maximum atomic E-state index is 12.2. The Balaban J connectivity index is 2.71. The minimum atomic E-state index is 0.0797. The number of nitrogens with zero attached hydrogens (tertiary/aromatic N) is 1. The maximum absolute atomic E-state index is 12.2. The van der Waals surface area contributed by atoms with E-state index in [-0.39, 0.29) is 5.91 Å². The molecule has 0 spiro atoms. The number of benzene rings is 1. The Morgan fingerprint density at radius 3 is 2.47 bits per heavy atom. The van der Waals surface area contributed by atoms with E-state index in [1.807, 2.05) is 24.0 Å². The molecule has 0 saturated carbocycles. The number of hydrogen-bond acceptors (Lipinski definition) is 2. The fourth-order valence-electron chi connectivity index (χ4n) is 1.57. The van der Waals surface area contributed by atoms with Gasteiger partial charge in [-0.3, -0.25) is 4.79 Å². The molecule has 1 amide bonds. The van der Waals surface area contributed by atoms with Crippen LogP contribution >= 0.6 is 15.9 Å². The second kappa shape index (κ2) is 7.33. The molecular formula is C13H18BrNO2. The zero-order chi connectivity index (χ0) is 12.7. The van der Waals surface area contributed by atoms with E-state index < -0.39 is 0 Å². The molecule has 0 aromatic heterocycles. The zero-order valence-electron chi connectivity index (χ0n) is 10.3. The first-order valence-electron chi connectivity index (χ1n) is 5.72. The van der Waals surface area contributed by atoms with E-state index in [2.05, 4.69) is 15.9 Å². The molecule has 0 atom stereocenters. The Kier molecular flexibility index (Phi) is 6.05. The predicted octanol–water partition coefficient (Wildman–Crippen LogP) is 2.94. The number of rotatable bonds is 6. The Morgan fingerprint density at radius 1 is 1.35 bits per heavy atom. The van der Waals surface area contributed by atoms with E-state index in [9.17, 15) is 4.79 Å². The van der Waals surface area contributed by atoms with Crippen molar-refractivity contribution >= 4 is 21.8 Å². The summed E-state index contributed by atoms with van der Waals surface area (Å²) in [5.41, 5.74) is 0.710. The molecule has 17 heavy (non-hydrogen) atoms. The van der Waals surface area contributed by atoms with Gasteiger partial charge in [-0.05, 0) is 37.6 Å². The lowest BCUT2D eigenvalue weighted by atomic mass is 10.2. The lowest BCUT2D eigenvalue weighted by Crippen LogP contribution is -2.31. The van der Waals surface area contributed by atoms with Gasteiger partial charge in [0.2, 0.25) is 0 Å². The van der Waals surface area contributed by atoms with Gasteiger partial charge in [0.1, 0.15) is 5.75 Å². The van der Waals surface area contributed by atoms with E-state index in [1.165, 1.54) is 0 Å². The van der Waals surface area contributed by atoms with Crippen molar-refractivity contribution in [2.75, 3.05) is 25.5 Å². The molecule has 0 aliphatic heterocycles. The monoisotopic (exact) mass is 299 g/mol. The highest BCUT2D eigenvalue weighted by molar-refractivity contribution is 9.09. The maximum Gasteiger partial charge on any atom is 0.253 e. The lowest BCUT2D eigenvalue weighted by Gasteiger charge is -2.20. The highest BCUT2D eigenvalue weighted by atomic mass is 79.9. The molecular weight excluding hydrogens is 282 g/mol. The lowest BCUT2D eigenvalue weighted by molar-refractivity contribution is 0.0765. The molecule has 0 radical (unpaired) electrons. The third-order valence-electron chi connectivity index (χ3n) is 2.57. The van der Waals surface area contributed by atoms with E-state index in [0.29, 0.717) is 5.56 Å². The van der Waals surface area contributed by atoms with Gasteiger partial charge in [-0.15, -0.1) is 0 Å². The third-order valence-corrected chi connectivity index (χ3v) is 3.13. The van der Waals surface area contributed by atoms with E-state index in [4.69, 9.17) is 4.74 Å². The number of hydrogen-bond donors (Lipinski definition) is 0. The Morgan fingerprint density at radius 2 is 2.00 bits per heavy atom. The quantitative estimate of drug-likeness (QED) is 0.756. The van der Waals surface area contributed by atoms with Crippen molar-refractivity contribution in [1.82, 2.24) is 4.90 Å². The van der Waals surface area contributed by atoms with E-state index in [0.717, 1.165) is 30.6 Å². The van der Waals surface area contributed by atoms with Crippen molar-refractivity contribution in [3.63, 3.8) is 0 Å². The average Bonchev–Trinajstić information content (AvgIpc) is 2.39. The number of carbonyl (C=O) groups is 1. The third kappa shape index (κ3) is 4.04. The summed E-state index contributed by atoms with van der Waals surface area (Å²) in [7, 11) is 1.62. The standard InChI is InChI=1S/C13H18BrNO2/c1-3-15(10-4-9-14)13(16)11-5-7-12(17-2)8-6-11/h5-8H,3-4,9-10H2,1-2H3. The van der Waals surface area contributed by atoms with Gasteiger partial charge in [0.25, 0.3) is 5.91 Å². The second-order valence-corrected chi connectivity index (χ2v) is 4.45. The van der Waals surface area contributed by atoms with Crippen molar-refractivity contribution in [1.29, 1.82) is 0 Å². The predicted molar refractivity (Wildman–Crippen MR) is 73.0 cm³/mol. The Hall–Kier alpha value is -1.03. The first-order valence-corrected chi connectivity index (χ1v) is 6.84. The molecule has 0 bridgehead atoms. The van der Waals surface area contributed by atoms with Gasteiger partial charge in [0, 0.05) is 24.0 Å². The molecule has 0 fully saturated rings. The number of ether oxygens (including phenoxy) is 1. The normalized spacial score (nSPS) is 10.1. The largest absolute Gasteiger partial charge is 0.497 e. The Labute approximate surface area is 111 Å². The van der Waals surface area contributed by atoms with Crippen molar-refractivity contribution in [2.45, 2.75) is 13.3 Å². The number of methoxy groups -OCH3 is 1. The van der Waals surface area contributed by atoms with Crippen LogP contribution in [0.3, 0.4) is 0 Å². The summed E-state index contributed by atoms with van der Waals surface area (Å²) >= 11 is 3.38. The molecule has 0 unspecified atom stereocenters. The summed E-state index contributed by atoms with van der Waals surface area (Å²) < 4.78 is 5.07. The number of alkyl halides is 1. The van der Waals surface area contributed by atoms with Crippen LogP contribution in [0.4, 0.5) is 0 Å². The number of halogens is 1. The van der Waals surface area contributed by atoms with Crippen LogP contribution in [-0.4, -0.2) is 36.3 Å². The van der Waals surface area contributed by atoms with Crippen molar-refractivity contribution < 1.29 is 9.53 Å². The van der Waals surface area contributed by atoms with Crippen LogP contribution in [0.5, 0.6) is 5.75 Å².